The van der Waals surface area contributed by atoms with Crippen LogP contribution in [0.2, 0.25) is 0 Å². The highest BCUT2D eigenvalue weighted by atomic mass is 16.7. The van der Waals surface area contributed by atoms with E-state index in [1.165, 1.54) is 6.08 Å². The van der Waals surface area contributed by atoms with Crippen LogP contribution in [-0.2, 0) is 14.3 Å². The first kappa shape index (κ1) is 9.22. The Kier molecular flexibility index (Phi) is 2.49. The van der Waals surface area contributed by atoms with E-state index in [4.69, 9.17) is 15.2 Å². The molecule has 0 spiro atoms. The zero-order chi connectivity index (χ0) is 9.19. The van der Waals surface area contributed by atoms with Crippen LogP contribution in [0.3, 0.4) is 0 Å². The summed E-state index contributed by atoms with van der Waals surface area (Å²) in [6, 6.07) is 0. The van der Waals surface area contributed by atoms with Gasteiger partial charge in [0.2, 0.25) is 5.91 Å². The maximum Gasteiger partial charge on any atom is 0.241 e. The molecule has 0 aliphatic carbocycles. The molecule has 0 saturated carbocycles. The van der Waals surface area contributed by atoms with Crippen molar-refractivity contribution in [2.45, 2.75) is 25.7 Å². The summed E-state index contributed by atoms with van der Waals surface area (Å²) in [5, 5.41) is 0. The zero-order valence-corrected chi connectivity index (χ0v) is 7.24. The minimum atomic E-state index is -0.549. The quantitative estimate of drug-likeness (QED) is 0.603. The Bertz CT molecular complexity index is 210. The molecule has 2 N–H and O–H groups in total. The predicted octanol–water partition coefficient (Wildman–Crippen LogP) is 0.179. The van der Waals surface area contributed by atoms with Crippen LogP contribution in [0, 0.1) is 0 Å². The van der Waals surface area contributed by atoms with E-state index in [1.807, 2.05) is 13.8 Å². The van der Waals surface area contributed by atoms with Gasteiger partial charge in [-0.3, -0.25) is 4.79 Å². The summed E-state index contributed by atoms with van der Waals surface area (Å²) in [6.45, 7) is 4.12. The van der Waals surface area contributed by atoms with Crippen molar-refractivity contribution in [2.24, 2.45) is 5.73 Å². The van der Waals surface area contributed by atoms with Gasteiger partial charge in [-0.25, -0.2) is 0 Å². The molecule has 68 valence electrons. The fraction of sp³-hybridized carbons (Fsp3) is 0.625. The molecule has 0 aromatic heterocycles. The first-order chi connectivity index (χ1) is 5.49. The van der Waals surface area contributed by atoms with Gasteiger partial charge in [0.15, 0.2) is 5.79 Å². The lowest BCUT2D eigenvalue weighted by atomic mass is 10.3. The van der Waals surface area contributed by atoms with E-state index in [-0.39, 0.29) is 6.10 Å². The first-order valence-corrected chi connectivity index (χ1v) is 3.79. The molecule has 1 atom stereocenters. The van der Waals surface area contributed by atoms with E-state index in [9.17, 15) is 4.79 Å². The molecule has 4 heteroatoms. The summed E-state index contributed by atoms with van der Waals surface area (Å²) >= 11 is 0. The molecule has 1 aliphatic rings. The van der Waals surface area contributed by atoms with Crippen molar-refractivity contribution < 1.29 is 14.3 Å². The summed E-state index contributed by atoms with van der Waals surface area (Å²) in [5.41, 5.74) is 4.92. The van der Waals surface area contributed by atoms with Crippen molar-refractivity contribution in [1.82, 2.24) is 0 Å². The maximum absolute atomic E-state index is 10.4. The van der Waals surface area contributed by atoms with Gasteiger partial charge in [-0.05, 0) is 19.9 Å². The molecule has 1 amide bonds. The van der Waals surface area contributed by atoms with Gasteiger partial charge in [0, 0.05) is 6.08 Å². The second-order valence-corrected chi connectivity index (χ2v) is 3.13. The molecule has 4 nitrogen and oxygen atoms in total. The highest BCUT2D eigenvalue weighted by Gasteiger charge is 2.30. The highest BCUT2D eigenvalue weighted by Crippen LogP contribution is 2.22. The van der Waals surface area contributed by atoms with Gasteiger partial charge in [-0.2, -0.15) is 0 Å². The lowest BCUT2D eigenvalue weighted by Crippen LogP contribution is -2.21. The molecular formula is C8H13NO3. The number of ether oxygens (including phenoxy) is 2. The van der Waals surface area contributed by atoms with Crippen LogP contribution < -0.4 is 5.73 Å². The summed E-state index contributed by atoms with van der Waals surface area (Å²) < 4.78 is 10.6. The van der Waals surface area contributed by atoms with Gasteiger partial charge in [0.1, 0.15) is 6.10 Å². The molecule has 1 fully saturated rings. The van der Waals surface area contributed by atoms with E-state index >= 15 is 0 Å². The van der Waals surface area contributed by atoms with E-state index in [1.54, 1.807) is 6.08 Å². The molecule has 12 heavy (non-hydrogen) atoms. The Hall–Kier alpha value is -0.870. The number of nitrogens with two attached hydrogens (primary N) is 1. The number of carbonyl (C=O) groups excluding carboxylic acids is 1. The minimum absolute atomic E-state index is 0.160. The number of carbonyl (C=O) groups is 1. The molecule has 0 aromatic carbocycles. The smallest absolute Gasteiger partial charge is 0.241 e. The molecule has 1 heterocycles. The highest BCUT2D eigenvalue weighted by molar-refractivity contribution is 5.85. The van der Waals surface area contributed by atoms with E-state index in [0.717, 1.165) is 0 Å². The van der Waals surface area contributed by atoms with Gasteiger partial charge in [0.05, 0.1) is 6.61 Å². The normalized spacial score (nSPS) is 28.0. The standard InChI is InChI=1S/C8H13NO3/c1-8(2)11-5-6(12-8)3-4-7(9)10/h3-4,6H,5H2,1-2H3,(H2,9,10)/b4-3-/t6-/m0/s1. The third-order valence-electron chi connectivity index (χ3n) is 1.51. The second kappa shape index (κ2) is 3.25. The average Bonchev–Trinajstić information content (AvgIpc) is 2.26. The van der Waals surface area contributed by atoms with Crippen LogP contribution in [0.5, 0.6) is 0 Å². The Morgan fingerprint density at radius 3 is 2.75 bits per heavy atom. The molecule has 0 radical (unpaired) electrons. The molecule has 1 rings (SSSR count). The first-order valence-electron chi connectivity index (χ1n) is 3.79. The summed E-state index contributed by atoms with van der Waals surface area (Å²) in [7, 11) is 0. The van der Waals surface area contributed by atoms with Crippen LogP contribution in [0.1, 0.15) is 13.8 Å². The SMILES string of the molecule is CC1(C)OC[C@H](/C=C\C(N)=O)O1. The Morgan fingerprint density at radius 1 is 1.67 bits per heavy atom. The fourth-order valence-electron chi connectivity index (χ4n) is 1.01. The van der Waals surface area contributed by atoms with Gasteiger partial charge in [-0.15, -0.1) is 0 Å². The maximum atomic E-state index is 10.4. The monoisotopic (exact) mass is 171 g/mol. The second-order valence-electron chi connectivity index (χ2n) is 3.13. The van der Waals surface area contributed by atoms with Gasteiger partial charge < -0.3 is 15.2 Å². The molecule has 1 saturated heterocycles. The molecule has 0 aromatic rings. The van der Waals surface area contributed by atoms with Crippen LogP contribution >= 0.6 is 0 Å². The van der Waals surface area contributed by atoms with E-state index in [0.29, 0.717) is 6.61 Å². The van der Waals surface area contributed by atoms with Gasteiger partial charge in [-0.1, -0.05) is 0 Å². The van der Waals surface area contributed by atoms with Gasteiger partial charge in [0.25, 0.3) is 0 Å². The number of primary amides is 1. The average molecular weight is 171 g/mol. The lowest BCUT2D eigenvalue weighted by molar-refractivity contribution is -0.133. The third-order valence-corrected chi connectivity index (χ3v) is 1.51. The summed E-state index contributed by atoms with van der Waals surface area (Å²) in [5.74, 6) is -1.02. The van der Waals surface area contributed by atoms with E-state index in [2.05, 4.69) is 0 Å². The van der Waals surface area contributed by atoms with E-state index < -0.39 is 11.7 Å². The van der Waals surface area contributed by atoms with Crippen LogP contribution in [0.15, 0.2) is 12.2 Å². The van der Waals surface area contributed by atoms with Crippen LogP contribution in [0.4, 0.5) is 0 Å². The number of hydrogen-bond acceptors (Lipinski definition) is 3. The minimum Gasteiger partial charge on any atom is -0.366 e. The summed E-state index contributed by atoms with van der Waals surface area (Å²) in [4.78, 5) is 10.4. The zero-order valence-electron chi connectivity index (χ0n) is 7.24. The molecule has 0 bridgehead atoms. The van der Waals surface area contributed by atoms with Crippen molar-refractivity contribution in [3.05, 3.63) is 12.2 Å². The van der Waals surface area contributed by atoms with Crippen molar-refractivity contribution in [3.63, 3.8) is 0 Å². The number of rotatable bonds is 2. The topological polar surface area (TPSA) is 61.5 Å². The Labute approximate surface area is 71.3 Å². The third kappa shape index (κ3) is 2.64. The lowest BCUT2D eigenvalue weighted by Gasteiger charge is -2.15. The predicted molar refractivity (Wildman–Crippen MR) is 43.2 cm³/mol. The van der Waals surface area contributed by atoms with Crippen LogP contribution in [0.25, 0.3) is 0 Å². The molecule has 1 aliphatic heterocycles. The Balaban J connectivity index is 2.43. The van der Waals surface area contributed by atoms with Crippen LogP contribution in [-0.4, -0.2) is 24.4 Å². The largest absolute Gasteiger partial charge is 0.366 e. The molecule has 0 unspecified atom stereocenters. The summed E-state index contributed by atoms with van der Waals surface area (Å²) in [6.07, 6.45) is 2.74. The fourth-order valence-corrected chi connectivity index (χ4v) is 1.01. The van der Waals surface area contributed by atoms with Crippen molar-refractivity contribution in [1.29, 1.82) is 0 Å². The number of hydrogen-bond donors (Lipinski definition) is 1. The van der Waals surface area contributed by atoms with Gasteiger partial charge >= 0.3 is 0 Å². The van der Waals surface area contributed by atoms with Crippen molar-refractivity contribution in [3.8, 4) is 0 Å². The van der Waals surface area contributed by atoms with Crippen molar-refractivity contribution >= 4 is 5.91 Å². The number of amides is 1. The van der Waals surface area contributed by atoms with Crippen molar-refractivity contribution in [2.75, 3.05) is 6.61 Å². The Morgan fingerprint density at radius 2 is 2.33 bits per heavy atom. The molecular weight excluding hydrogens is 158 g/mol.